The minimum Gasteiger partial charge on any atom is -0.337 e. The van der Waals surface area contributed by atoms with Gasteiger partial charge in [0.15, 0.2) is 0 Å². The molecule has 27 heavy (non-hydrogen) atoms. The van der Waals surface area contributed by atoms with Gasteiger partial charge in [-0.3, -0.25) is 0 Å². The first-order chi connectivity index (χ1) is 13.1. The van der Waals surface area contributed by atoms with Crippen LogP contribution in [0.2, 0.25) is 10.2 Å². The number of aryl methyl sites for hydroxylation is 1. The average molecular weight is 394 g/mol. The maximum absolute atomic E-state index is 9.64. The topological polar surface area (TPSA) is 70.3 Å². The van der Waals surface area contributed by atoms with E-state index in [4.69, 9.17) is 23.2 Å². The molecule has 5 nitrogen and oxygen atoms in total. The second-order valence-electron chi connectivity index (χ2n) is 5.95. The van der Waals surface area contributed by atoms with E-state index >= 15 is 0 Å². The Hall–Kier alpha value is -3.07. The van der Waals surface area contributed by atoms with Crippen LogP contribution in [-0.2, 0) is 0 Å². The summed E-state index contributed by atoms with van der Waals surface area (Å²) in [6.07, 6.45) is 1.70. The number of aromatic amines is 1. The standard InChI is InChI=1S/C20H13Cl2N5/c1-12-16(19(22)27(26-12)15-6-4-5-14(21)10-15)9-13(11-23)20-24-17-7-2-3-8-18(17)25-20/h2-10H,1H3,(H,24,25)/b13-9+. The Morgan fingerprint density at radius 1 is 1.19 bits per heavy atom. The molecule has 0 bridgehead atoms. The number of fused-ring (bicyclic) bond motifs is 1. The zero-order valence-corrected chi connectivity index (χ0v) is 15.8. The number of para-hydroxylation sites is 2. The molecule has 2 heterocycles. The number of nitriles is 1. The lowest BCUT2D eigenvalue weighted by molar-refractivity contribution is 0.863. The van der Waals surface area contributed by atoms with Crippen molar-refractivity contribution in [2.75, 3.05) is 0 Å². The highest BCUT2D eigenvalue weighted by atomic mass is 35.5. The molecule has 132 valence electrons. The van der Waals surface area contributed by atoms with Gasteiger partial charge in [0.2, 0.25) is 0 Å². The van der Waals surface area contributed by atoms with E-state index in [1.807, 2.05) is 43.3 Å². The molecule has 0 aliphatic carbocycles. The van der Waals surface area contributed by atoms with Crippen molar-refractivity contribution in [2.24, 2.45) is 0 Å². The largest absolute Gasteiger partial charge is 0.337 e. The molecule has 0 aliphatic heterocycles. The van der Waals surface area contributed by atoms with E-state index in [-0.39, 0.29) is 0 Å². The van der Waals surface area contributed by atoms with Crippen molar-refractivity contribution in [3.05, 3.63) is 75.8 Å². The lowest BCUT2D eigenvalue weighted by Gasteiger charge is -2.03. The van der Waals surface area contributed by atoms with E-state index in [0.29, 0.717) is 32.8 Å². The van der Waals surface area contributed by atoms with Gasteiger partial charge < -0.3 is 4.98 Å². The lowest BCUT2D eigenvalue weighted by Crippen LogP contribution is -1.96. The fraction of sp³-hybridized carbons (Fsp3) is 0.0500. The zero-order chi connectivity index (χ0) is 19.0. The number of imidazole rings is 1. The second kappa shape index (κ2) is 6.92. The van der Waals surface area contributed by atoms with Gasteiger partial charge in [-0.25, -0.2) is 9.67 Å². The van der Waals surface area contributed by atoms with Crippen LogP contribution in [0, 0.1) is 18.3 Å². The maximum Gasteiger partial charge on any atom is 0.149 e. The van der Waals surface area contributed by atoms with Gasteiger partial charge in [-0.2, -0.15) is 10.4 Å². The van der Waals surface area contributed by atoms with Crippen LogP contribution in [-0.4, -0.2) is 19.7 Å². The highest BCUT2D eigenvalue weighted by Gasteiger charge is 2.16. The van der Waals surface area contributed by atoms with Crippen LogP contribution in [0.25, 0.3) is 28.4 Å². The molecule has 7 heteroatoms. The second-order valence-corrected chi connectivity index (χ2v) is 6.75. The van der Waals surface area contributed by atoms with Gasteiger partial charge in [0.1, 0.15) is 17.0 Å². The van der Waals surface area contributed by atoms with Crippen LogP contribution in [0.4, 0.5) is 0 Å². The van der Waals surface area contributed by atoms with Crippen LogP contribution >= 0.6 is 23.2 Å². The Morgan fingerprint density at radius 2 is 2.00 bits per heavy atom. The van der Waals surface area contributed by atoms with E-state index in [0.717, 1.165) is 16.7 Å². The summed E-state index contributed by atoms with van der Waals surface area (Å²) in [4.78, 5) is 7.64. The number of halogens is 2. The molecule has 0 spiro atoms. The Bertz CT molecular complexity index is 1190. The normalized spacial score (nSPS) is 11.7. The Balaban J connectivity index is 1.81. The molecule has 0 fully saturated rings. The Kier molecular flexibility index (Phi) is 4.44. The number of nitrogens with one attached hydrogen (secondary N) is 1. The smallest absolute Gasteiger partial charge is 0.149 e. The average Bonchev–Trinajstić information content (AvgIpc) is 3.21. The molecular formula is C20H13Cl2N5. The van der Waals surface area contributed by atoms with Crippen LogP contribution in [0.3, 0.4) is 0 Å². The van der Waals surface area contributed by atoms with Gasteiger partial charge in [-0.05, 0) is 43.3 Å². The summed E-state index contributed by atoms with van der Waals surface area (Å²) in [6.45, 7) is 1.84. The number of nitrogens with zero attached hydrogens (tertiary/aromatic N) is 4. The van der Waals surface area contributed by atoms with Gasteiger partial charge in [0.05, 0.1) is 28.0 Å². The number of rotatable bonds is 3. The van der Waals surface area contributed by atoms with Crippen molar-refractivity contribution in [1.29, 1.82) is 5.26 Å². The summed E-state index contributed by atoms with van der Waals surface area (Å²) < 4.78 is 1.60. The highest BCUT2D eigenvalue weighted by Crippen LogP contribution is 2.28. The maximum atomic E-state index is 9.64. The summed E-state index contributed by atoms with van der Waals surface area (Å²) in [5.74, 6) is 0.490. The third-order valence-electron chi connectivity index (χ3n) is 4.15. The number of hydrogen-bond acceptors (Lipinski definition) is 3. The van der Waals surface area contributed by atoms with Crippen LogP contribution in [0.5, 0.6) is 0 Å². The molecule has 2 aromatic carbocycles. The number of benzene rings is 2. The van der Waals surface area contributed by atoms with Crippen LogP contribution in [0.15, 0.2) is 48.5 Å². The molecule has 0 saturated heterocycles. The predicted octanol–water partition coefficient (Wildman–Crippen LogP) is 5.43. The third kappa shape index (κ3) is 3.21. The molecule has 0 radical (unpaired) electrons. The summed E-state index contributed by atoms with van der Waals surface area (Å²) in [5.41, 5.74) is 4.15. The van der Waals surface area contributed by atoms with Gasteiger partial charge in [0.25, 0.3) is 0 Å². The summed E-state index contributed by atoms with van der Waals surface area (Å²) in [7, 11) is 0. The molecule has 0 unspecified atom stereocenters. The molecule has 0 atom stereocenters. The van der Waals surface area contributed by atoms with E-state index in [9.17, 15) is 5.26 Å². The van der Waals surface area contributed by atoms with Crippen molar-refractivity contribution in [3.8, 4) is 11.8 Å². The summed E-state index contributed by atoms with van der Waals surface area (Å²) >= 11 is 12.6. The highest BCUT2D eigenvalue weighted by molar-refractivity contribution is 6.32. The van der Waals surface area contributed by atoms with Gasteiger partial charge in [-0.15, -0.1) is 0 Å². The molecule has 0 saturated carbocycles. The quantitative estimate of drug-likeness (QED) is 0.471. The Morgan fingerprint density at radius 3 is 2.74 bits per heavy atom. The molecular weight excluding hydrogens is 381 g/mol. The first-order valence-electron chi connectivity index (χ1n) is 8.15. The number of H-pyrrole nitrogens is 1. The molecule has 2 aromatic heterocycles. The number of hydrogen-bond donors (Lipinski definition) is 1. The summed E-state index contributed by atoms with van der Waals surface area (Å²) in [5, 5.41) is 15.1. The number of allylic oxidation sites excluding steroid dienone is 1. The fourth-order valence-corrected chi connectivity index (χ4v) is 3.34. The number of aromatic nitrogens is 4. The zero-order valence-electron chi connectivity index (χ0n) is 14.2. The van der Waals surface area contributed by atoms with E-state index in [1.54, 1.807) is 22.9 Å². The van der Waals surface area contributed by atoms with Gasteiger partial charge in [0, 0.05) is 10.6 Å². The lowest BCUT2D eigenvalue weighted by atomic mass is 10.1. The Labute approximate surface area is 165 Å². The SMILES string of the molecule is Cc1nn(-c2cccc(Cl)c2)c(Cl)c1/C=C(\C#N)c1nc2ccccc2[nH]1. The monoisotopic (exact) mass is 393 g/mol. The predicted molar refractivity (Wildman–Crippen MR) is 108 cm³/mol. The van der Waals surface area contributed by atoms with Crippen molar-refractivity contribution < 1.29 is 0 Å². The minimum atomic E-state index is 0.377. The third-order valence-corrected chi connectivity index (χ3v) is 4.75. The van der Waals surface area contributed by atoms with Gasteiger partial charge >= 0.3 is 0 Å². The van der Waals surface area contributed by atoms with Crippen molar-refractivity contribution in [2.45, 2.75) is 6.92 Å². The van der Waals surface area contributed by atoms with E-state index in [2.05, 4.69) is 21.1 Å². The van der Waals surface area contributed by atoms with Crippen molar-refractivity contribution >= 4 is 45.9 Å². The summed E-state index contributed by atoms with van der Waals surface area (Å²) in [6, 6.07) is 17.1. The van der Waals surface area contributed by atoms with Crippen molar-refractivity contribution in [1.82, 2.24) is 19.7 Å². The van der Waals surface area contributed by atoms with E-state index in [1.165, 1.54) is 0 Å². The fourth-order valence-electron chi connectivity index (χ4n) is 2.83. The molecule has 4 rings (SSSR count). The molecule has 1 N–H and O–H groups in total. The molecule has 4 aromatic rings. The van der Waals surface area contributed by atoms with Crippen molar-refractivity contribution in [3.63, 3.8) is 0 Å². The van der Waals surface area contributed by atoms with E-state index < -0.39 is 0 Å². The van der Waals surface area contributed by atoms with Crippen LogP contribution in [0.1, 0.15) is 17.1 Å². The molecule has 0 aliphatic rings. The van der Waals surface area contributed by atoms with Gasteiger partial charge in [-0.1, -0.05) is 41.4 Å². The molecule has 0 amide bonds. The van der Waals surface area contributed by atoms with Crippen LogP contribution < -0.4 is 0 Å². The first kappa shape index (κ1) is 17.3. The minimum absolute atomic E-state index is 0.377. The first-order valence-corrected chi connectivity index (χ1v) is 8.90.